The van der Waals surface area contributed by atoms with Crippen LogP contribution in [0.5, 0.6) is 11.5 Å². The van der Waals surface area contributed by atoms with E-state index < -0.39 is 0 Å². The van der Waals surface area contributed by atoms with Gasteiger partial charge in [0.15, 0.2) is 11.2 Å². The molecule has 2 aromatic heterocycles. The van der Waals surface area contributed by atoms with Gasteiger partial charge in [0.2, 0.25) is 0 Å². The van der Waals surface area contributed by atoms with Crippen LogP contribution < -0.4 is 19.3 Å². The van der Waals surface area contributed by atoms with Gasteiger partial charge in [-0.25, -0.2) is 0 Å². The van der Waals surface area contributed by atoms with Crippen LogP contribution in [0.4, 0.5) is 34.1 Å². The molecule has 6 nitrogen and oxygen atoms in total. The Hall–Kier alpha value is -7.96. The molecule has 0 spiro atoms. The highest BCUT2D eigenvalue weighted by Crippen LogP contribution is 2.54. The molecule has 12 aromatic rings. The molecular formula is C60H48N2O4. The maximum absolute atomic E-state index is 6.81. The largest absolute Gasteiger partial charge is 0.495 e. The lowest BCUT2D eigenvalue weighted by Gasteiger charge is -2.32. The SMILES string of the molecule is COc1ccccc1N(c1cc(C(C)C)c2ccc3c(N(c4ccccc4OC)c4cccc5c4oc4ccccc45)cc(C(C)C)c4ccc1c2c43)c1cccc2c1oc1ccccc12. The summed E-state index contributed by atoms with van der Waals surface area (Å²) in [5.41, 5.74) is 11.6. The number of rotatable bonds is 10. The summed E-state index contributed by atoms with van der Waals surface area (Å²) >= 11 is 0. The third-order valence-corrected chi connectivity index (χ3v) is 13.5. The molecule has 0 saturated heterocycles. The average Bonchev–Trinajstić information content (AvgIpc) is 3.93. The molecule has 0 radical (unpaired) electrons. The lowest BCUT2D eigenvalue weighted by atomic mass is 9.84. The Morgan fingerprint density at radius 3 is 1.14 bits per heavy atom. The maximum atomic E-state index is 6.81. The summed E-state index contributed by atoms with van der Waals surface area (Å²) in [4.78, 5) is 4.71. The molecule has 0 aliphatic carbocycles. The van der Waals surface area contributed by atoms with Crippen molar-refractivity contribution in [1.82, 2.24) is 0 Å². The van der Waals surface area contributed by atoms with Gasteiger partial charge in [0.05, 0.1) is 48.3 Å². The highest BCUT2D eigenvalue weighted by atomic mass is 16.5. The van der Waals surface area contributed by atoms with Crippen molar-refractivity contribution in [3.05, 3.63) is 181 Å². The number of fused-ring (bicyclic) bond motifs is 6. The maximum Gasteiger partial charge on any atom is 0.159 e. The first-order valence-electron chi connectivity index (χ1n) is 22.8. The minimum Gasteiger partial charge on any atom is -0.495 e. The van der Waals surface area contributed by atoms with Gasteiger partial charge in [-0.3, -0.25) is 0 Å². The van der Waals surface area contributed by atoms with Crippen molar-refractivity contribution in [3.8, 4) is 11.5 Å². The summed E-state index contributed by atoms with van der Waals surface area (Å²) in [5.74, 6) is 1.93. The number of para-hydroxylation sites is 8. The second-order valence-electron chi connectivity index (χ2n) is 17.9. The molecule has 0 aliphatic heterocycles. The summed E-state index contributed by atoms with van der Waals surface area (Å²) in [6.07, 6.45) is 0. The highest BCUT2D eigenvalue weighted by molar-refractivity contribution is 6.30. The normalized spacial score (nSPS) is 12.1. The predicted molar refractivity (Wildman–Crippen MR) is 275 cm³/mol. The molecule has 2 heterocycles. The van der Waals surface area contributed by atoms with Crippen molar-refractivity contribution in [1.29, 1.82) is 0 Å². The molecule has 0 fully saturated rings. The zero-order chi connectivity index (χ0) is 44.8. The van der Waals surface area contributed by atoms with E-state index in [9.17, 15) is 0 Å². The number of furan rings is 2. The number of nitrogens with zero attached hydrogens (tertiary/aromatic N) is 2. The molecule has 0 unspecified atom stereocenters. The first-order chi connectivity index (χ1) is 32.3. The third-order valence-electron chi connectivity index (χ3n) is 13.5. The van der Waals surface area contributed by atoms with Gasteiger partial charge in [-0.1, -0.05) is 137 Å². The van der Waals surface area contributed by atoms with Gasteiger partial charge in [-0.05, 0) is 105 Å². The van der Waals surface area contributed by atoms with E-state index in [0.29, 0.717) is 0 Å². The predicted octanol–water partition coefficient (Wildman–Crippen LogP) is 17.6. The molecule has 0 atom stereocenters. The highest BCUT2D eigenvalue weighted by Gasteiger charge is 2.30. The van der Waals surface area contributed by atoms with Crippen molar-refractivity contribution in [2.24, 2.45) is 0 Å². The van der Waals surface area contributed by atoms with Crippen molar-refractivity contribution < 1.29 is 18.3 Å². The lowest BCUT2D eigenvalue weighted by molar-refractivity contribution is 0.416. The lowest BCUT2D eigenvalue weighted by Crippen LogP contribution is -2.14. The standard InChI is InChI=1S/C60H48N2O4/c1-35(2)45-33-51(61(47-21-9-13-27-55(47)63-5)49-23-15-19-41-37-17-7-11-25-53(37)65-59(41)49)43-32-30-40-46(36(3)4)34-52(44-31-29-39(45)57(43)58(40)44)62(48-22-10-14-28-56(48)64-6)50-24-16-20-42-38-18-8-12-26-54(38)66-60(42)50/h7-36H,1-6H3. The molecule has 10 aromatic carbocycles. The average molecular weight is 861 g/mol. The summed E-state index contributed by atoms with van der Waals surface area (Å²) in [6, 6.07) is 60.2. The van der Waals surface area contributed by atoms with Crippen molar-refractivity contribution in [2.75, 3.05) is 24.0 Å². The molecule has 66 heavy (non-hydrogen) atoms. The van der Waals surface area contributed by atoms with Gasteiger partial charge >= 0.3 is 0 Å². The van der Waals surface area contributed by atoms with Gasteiger partial charge < -0.3 is 28.1 Å². The van der Waals surface area contributed by atoms with E-state index in [1.807, 2.05) is 48.5 Å². The number of hydrogen-bond acceptors (Lipinski definition) is 6. The molecule has 12 rings (SSSR count). The number of methoxy groups -OCH3 is 2. The van der Waals surface area contributed by atoms with E-state index in [4.69, 9.17) is 18.3 Å². The quantitative estimate of drug-likeness (QED) is 0.128. The van der Waals surface area contributed by atoms with E-state index >= 15 is 0 Å². The van der Waals surface area contributed by atoms with Crippen LogP contribution >= 0.6 is 0 Å². The smallest absolute Gasteiger partial charge is 0.159 e. The minimum absolute atomic E-state index is 0.203. The molecule has 0 N–H and O–H groups in total. The van der Waals surface area contributed by atoms with Gasteiger partial charge in [0, 0.05) is 32.3 Å². The Labute approximate surface area is 383 Å². The first kappa shape index (κ1) is 39.6. The fourth-order valence-corrected chi connectivity index (χ4v) is 10.6. The fourth-order valence-electron chi connectivity index (χ4n) is 10.6. The van der Waals surface area contributed by atoms with Crippen molar-refractivity contribution in [3.63, 3.8) is 0 Å². The van der Waals surface area contributed by atoms with E-state index in [2.05, 4.69) is 159 Å². The molecule has 0 amide bonds. The molecule has 0 bridgehead atoms. The summed E-state index contributed by atoms with van der Waals surface area (Å²) < 4.78 is 26.0. The van der Waals surface area contributed by atoms with Crippen LogP contribution in [0.1, 0.15) is 50.7 Å². The van der Waals surface area contributed by atoms with Crippen LogP contribution in [0.2, 0.25) is 0 Å². The van der Waals surface area contributed by atoms with E-state index in [0.717, 1.165) is 100 Å². The zero-order valence-electron chi connectivity index (χ0n) is 37.8. The summed E-state index contributed by atoms with van der Waals surface area (Å²) in [7, 11) is 3.49. The van der Waals surface area contributed by atoms with Gasteiger partial charge in [-0.15, -0.1) is 0 Å². The number of benzene rings is 10. The Morgan fingerprint density at radius 2 is 0.712 bits per heavy atom. The Bertz CT molecular complexity index is 3590. The third kappa shape index (κ3) is 5.87. The second kappa shape index (κ2) is 15.3. The topological polar surface area (TPSA) is 51.2 Å². The number of hydrogen-bond donors (Lipinski definition) is 0. The molecule has 0 saturated carbocycles. The van der Waals surface area contributed by atoms with Crippen LogP contribution in [0, 0.1) is 0 Å². The van der Waals surface area contributed by atoms with Crippen LogP contribution in [0.15, 0.2) is 179 Å². The van der Waals surface area contributed by atoms with Gasteiger partial charge in [-0.2, -0.15) is 0 Å². The van der Waals surface area contributed by atoms with Gasteiger partial charge in [0.1, 0.15) is 22.7 Å². The Morgan fingerprint density at radius 1 is 0.348 bits per heavy atom. The van der Waals surface area contributed by atoms with Crippen LogP contribution in [-0.2, 0) is 0 Å². The molecular weight excluding hydrogens is 813 g/mol. The summed E-state index contributed by atoms with van der Waals surface area (Å²) in [5, 5.41) is 11.4. The van der Waals surface area contributed by atoms with Crippen LogP contribution in [0.25, 0.3) is 76.2 Å². The molecule has 322 valence electrons. The van der Waals surface area contributed by atoms with Crippen molar-refractivity contribution >= 4 is 110 Å². The Balaban J connectivity index is 1.23. The van der Waals surface area contributed by atoms with E-state index in [-0.39, 0.29) is 11.8 Å². The van der Waals surface area contributed by atoms with Crippen molar-refractivity contribution in [2.45, 2.75) is 39.5 Å². The first-order valence-corrected chi connectivity index (χ1v) is 22.8. The van der Waals surface area contributed by atoms with E-state index in [1.54, 1.807) is 14.2 Å². The van der Waals surface area contributed by atoms with Gasteiger partial charge in [0.25, 0.3) is 0 Å². The van der Waals surface area contributed by atoms with E-state index in [1.165, 1.54) is 32.7 Å². The fraction of sp³-hybridized carbons (Fsp3) is 0.133. The molecule has 0 aliphatic rings. The van der Waals surface area contributed by atoms with Crippen LogP contribution in [0.3, 0.4) is 0 Å². The second-order valence-corrected chi connectivity index (χ2v) is 17.9. The zero-order valence-corrected chi connectivity index (χ0v) is 37.8. The Kier molecular flexibility index (Phi) is 9.21. The number of anilines is 6. The monoisotopic (exact) mass is 860 g/mol. The minimum atomic E-state index is 0.203. The van der Waals surface area contributed by atoms with Crippen LogP contribution in [-0.4, -0.2) is 14.2 Å². The number of ether oxygens (including phenoxy) is 2. The molecule has 6 heteroatoms. The summed E-state index contributed by atoms with van der Waals surface area (Å²) in [6.45, 7) is 9.19.